The van der Waals surface area contributed by atoms with Crippen molar-refractivity contribution in [3.05, 3.63) is 76.2 Å². The maximum absolute atomic E-state index is 13.1. The van der Waals surface area contributed by atoms with Gasteiger partial charge in [-0.1, -0.05) is 30.3 Å². The Labute approximate surface area is 132 Å². The lowest BCUT2D eigenvalue weighted by Crippen LogP contribution is -2.12. The number of hydrogen-bond donors (Lipinski definition) is 1. The van der Waals surface area contributed by atoms with Gasteiger partial charge >= 0.3 is 0 Å². The van der Waals surface area contributed by atoms with E-state index in [1.807, 2.05) is 42.6 Å². The number of anilines is 1. The third kappa shape index (κ3) is 2.92. The molecule has 22 heavy (non-hydrogen) atoms. The van der Waals surface area contributed by atoms with Crippen LogP contribution in [-0.2, 0) is 0 Å². The van der Waals surface area contributed by atoms with E-state index >= 15 is 0 Å². The number of carbonyl (C=O) groups is 1. The van der Waals surface area contributed by atoms with Crippen molar-refractivity contribution >= 4 is 22.9 Å². The van der Waals surface area contributed by atoms with Gasteiger partial charge in [0.05, 0.1) is 4.88 Å². The van der Waals surface area contributed by atoms with Crippen LogP contribution in [0.2, 0.25) is 0 Å². The van der Waals surface area contributed by atoms with Gasteiger partial charge in [0.1, 0.15) is 5.82 Å². The summed E-state index contributed by atoms with van der Waals surface area (Å²) in [4.78, 5) is 13.1. The van der Waals surface area contributed by atoms with Crippen LogP contribution in [0.1, 0.15) is 15.2 Å². The summed E-state index contributed by atoms with van der Waals surface area (Å²) in [5.74, 6) is -0.401. The first kappa shape index (κ1) is 14.5. The quantitative estimate of drug-likeness (QED) is 0.715. The molecule has 2 aromatic carbocycles. The van der Waals surface area contributed by atoms with E-state index in [1.165, 1.54) is 23.5 Å². The van der Waals surface area contributed by atoms with E-state index in [0.717, 1.165) is 16.7 Å². The van der Waals surface area contributed by atoms with Crippen LogP contribution in [0, 0.1) is 12.7 Å². The number of halogens is 1. The minimum absolute atomic E-state index is 0.123. The maximum atomic E-state index is 13.1. The average molecular weight is 311 g/mol. The molecule has 0 atom stereocenters. The van der Waals surface area contributed by atoms with Crippen molar-refractivity contribution < 1.29 is 9.18 Å². The van der Waals surface area contributed by atoms with Crippen LogP contribution < -0.4 is 5.32 Å². The third-order valence-corrected chi connectivity index (χ3v) is 4.41. The molecule has 0 fully saturated rings. The number of rotatable bonds is 3. The molecule has 1 aromatic heterocycles. The minimum Gasteiger partial charge on any atom is -0.321 e. The molecule has 3 rings (SSSR count). The minimum atomic E-state index is -0.278. The predicted molar refractivity (Wildman–Crippen MR) is 88.8 cm³/mol. The zero-order chi connectivity index (χ0) is 15.5. The molecular weight excluding hydrogens is 297 g/mol. The monoisotopic (exact) mass is 311 g/mol. The Bertz CT molecular complexity index is 808. The first-order chi connectivity index (χ1) is 10.6. The highest BCUT2D eigenvalue weighted by Crippen LogP contribution is 2.29. The summed E-state index contributed by atoms with van der Waals surface area (Å²) in [5, 5.41) is 4.84. The molecule has 0 spiro atoms. The molecule has 0 bridgehead atoms. The van der Waals surface area contributed by atoms with Gasteiger partial charge in [-0.05, 0) is 47.7 Å². The van der Waals surface area contributed by atoms with Crippen molar-refractivity contribution in [2.24, 2.45) is 0 Å². The molecule has 0 aliphatic carbocycles. The van der Waals surface area contributed by atoms with Crippen molar-refractivity contribution in [1.82, 2.24) is 0 Å². The predicted octanol–water partition coefficient (Wildman–Crippen LogP) is 5.11. The molecule has 2 nitrogen and oxygen atoms in total. The van der Waals surface area contributed by atoms with Crippen molar-refractivity contribution in [2.75, 3.05) is 5.32 Å². The van der Waals surface area contributed by atoms with E-state index in [4.69, 9.17) is 0 Å². The Morgan fingerprint density at radius 2 is 1.77 bits per heavy atom. The third-order valence-electron chi connectivity index (χ3n) is 3.40. The van der Waals surface area contributed by atoms with Gasteiger partial charge in [-0.2, -0.15) is 0 Å². The first-order valence-electron chi connectivity index (χ1n) is 6.85. The van der Waals surface area contributed by atoms with E-state index in [1.54, 1.807) is 12.1 Å². The van der Waals surface area contributed by atoms with E-state index < -0.39 is 0 Å². The van der Waals surface area contributed by atoms with Crippen molar-refractivity contribution in [3.8, 4) is 11.1 Å². The second-order valence-electron chi connectivity index (χ2n) is 4.94. The molecule has 0 aliphatic rings. The van der Waals surface area contributed by atoms with Gasteiger partial charge in [-0.15, -0.1) is 11.3 Å². The van der Waals surface area contributed by atoms with Crippen LogP contribution in [0.3, 0.4) is 0 Å². The number of hydrogen-bond acceptors (Lipinski definition) is 2. The summed E-state index contributed by atoms with van der Waals surface area (Å²) >= 11 is 1.42. The highest BCUT2D eigenvalue weighted by Gasteiger charge is 2.13. The summed E-state index contributed by atoms with van der Waals surface area (Å²) in [5.41, 5.74) is 3.40. The lowest BCUT2D eigenvalue weighted by Gasteiger charge is -2.11. The number of benzene rings is 2. The molecule has 1 heterocycles. The van der Waals surface area contributed by atoms with Gasteiger partial charge in [-0.25, -0.2) is 4.39 Å². The van der Waals surface area contributed by atoms with E-state index in [9.17, 15) is 9.18 Å². The number of carbonyl (C=O) groups excluding carboxylic acids is 1. The number of nitrogens with one attached hydrogen (secondary N) is 1. The average Bonchev–Trinajstić information content (AvgIpc) is 2.95. The Hall–Kier alpha value is -2.46. The molecular formula is C18H14FNOS. The first-order valence-corrected chi connectivity index (χ1v) is 7.73. The summed E-state index contributed by atoms with van der Waals surface area (Å²) in [6, 6.07) is 15.7. The Morgan fingerprint density at radius 3 is 2.45 bits per heavy atom. The van der Waals surface area contributed by atoms with Gasteiger partial charge in [0, 0.05) is 11.3 Å². The van der Waals surface area contributed by atoms with Crippen LogP contribution >= 0.6 is 11.3 Å². The molecule has 0 saturated heterocycles. The molecule has 0 radical (unpaired) electrons. The second kappa shape index (κ2) is 6.12. The van der Waals surface area contributed by atoms with Gasteiger partial charge < -0.3 is 5.32 Å². The van der Waals surface area contributed by atoms with Crippen molar-refractivity contribution in [2.45, 2.75) is 6.92 Å². The van der Waals surface area contributed by atoms with Crippen LogP contribution in [0.5, 0.6) is 0 Å². The highest BCUT2D eigenvalue weighted by molar-refractivity contribution is 7.12. The fraction of sp³-hybridized carbons (Fsp3) is 0.0556. The van der Waals surface area contributed by atoms with E-state index in [2.05, 4.69) is 5.32 Å². The van der Waals surface area contributed by atoms with Crippen LogP contribution in [-0.4, -0.2) is 5.91 Å². The summed E-state index contributed by atoms with van der Waals surface area (Å²) in [7, 11) is 0. The fourth-order valence-electron chi connectivity index (χ4n) is 2.26. The molecule has 1 N–H and O–H groups in total. The SMILES string of the molecule is Cc1ccsc1C(=O)Nc1ccccc1-c1ccc(F)cc1. The topological polar surface area (TPSA) is 29.1 Å². The van der Waals surface area contributed by atoms with Crippen LogP contribution in [0.25, 0.3) is 11.1 Å². The molecule has 1 amide bonds. The zero-order valence-electron chi connectivity index (χ0n) is 12.0. The molecule has 4 heteroatoms. The van der Waals surface area contributed by atoms with Crippen molar-refractivity contribution in [3.63, 3.8) is 0 Å². The zero-order valence-corrected chi connectivity index (χ0v) is 12.8. The number of thiophene rings is 1. The smallest absolute Gasteiger partial charge is 0.266 e. The normalized spacial score (nSPS) is 10.5. The molecule has 110 valence electrons. The molecule has 0 aliphatic heterocycles. The lowest BCUT2D eigenvalue weighted by atomic mass is 10.0. The standard InChI is InChI=1S/C18H14FNOS/c1-12-10-11-22-17(12)18(21)20-16-5-3-2-4-15(16)13-6-8-14(19)9-7-13/h2-11H,1H3,(H,20,21). The Balaban J connectivity index is 1.93. The molecule has 3 aromatic rings. The number of aryl methyl sites for hydroxylation is 1. The van der Waals surface area contributed by atoms with Gasteiger partial charge in [0.15, 0.2) is 0 Å². The Kier molecular flexibility index (Phi) is 4.02. The lowest BCUT2D eigenvalue weighted by molar-refractivity contribution is 0.103. The van der Waals surface area contributed by atoms with Gasteiger partial charge in [0.25, 0.3) is 5.91 Å². The largest absolute Gasteiger partial charge is 0.321 e. The van der Waals surface area contributed by atoms with Crippen LogP contribution in [0.4, 0.5) is 10.1 Å². The summed E-state index contributed by atoms with van der Waals surface area (Å²) < 4.78 is 13.1. The molecule has 0 saturated carbocycles. The summed E-state index contributed by atoms with van der Waals surface area (Å²) in [6.07, 6.45) is 0. The second-order valence-corrected chi connectivity index (χ2v) is 5.86. The van der Waals surface area contributed by atoms with Crippen LogP contribution in [0.15, 0.2) is 60.0 Å². The fourth-order valence-corrected chi connectivity index (χ4v) is 3.08. The van der Waals surface area contributed by atoms with E-state index in [0.29, 0.717) is 10.6 Å². The number of para-hydroxylation sites is 1. The Morgan fingerprint density at radius 1 is 1.05 bits per heavy atom. The van der Waals surface area contributed by atoms with Gasteiger partial charge in [0.2, 0.25) is 0 Å². The highest BCUT2D eigenvalue weighted by atomic mass is 32.1. The van der Waals surface area contributed by atoms with Crippen molar-refractivity contribution in [1.29, 1.82) is 0 Å². The maximum Gasteiger partial charge on any atom is 0.266 e. The van der Waals surface area contributed by atoms with Gasteiger partial charge in [-0.3, -0.25) is 4.79 Å². The molecule has 0 unspecified atom stereocenters. The summed E-state index contributed by atoms with van der Waals surface area (Å²) in [6.45, 7) is 1.91. The van der Waals surface area contributed by atoms with E-state index in [-0.39, 0.29) is 11.7 Å². The number of amides is 1.